The van der Waals surface area contributed by atoms with Crippen molar-refractivity contribution in [3.05, 3.63) is 88.1 Å². The fourth-order valence-electron chi connectivity index (χ4n) is 9.33. The summed E-state index contributed by atoms with van der Waals surface area (Å²) in [6.45, 7) is 8.29. The first-order valence-corrected chi connectivity index (χ1v) is 24.7. The average Bonchev–Trinajstić information content (AvgIpc) is 3.61. The number of amides is 4. The van der Waals surface area contributed by atoms with Crippen LogP contribution in [0.15, 0.2) is 60.8 Å². The Labute approximate surface area is 378 Å². The van der Waals surface area contributed by atoms with Crippen molar-refractivity contribution in [2.75, 3.05) is 68.7 Å². The van der Waals surface area contributed by atoms with E-state index < -0.39 is 25.0 Å². The van der Waals surface area contributed by atoms with E-state index >= 15 is 0 Å². The number of carbonyl (C=O) groups excluding carboxylic acids is 4. The van der Waals surface area contributed by atoms with Gasteiger partial charge < -0.3 is 40.4 Å². The Morgan fingerprint density at radius 1 is 1.02 bits per heavy atom. The molecule has 5 heterocycles. The van der Waals surface area contributed by atoms with Crippen LogP contribution in [-0.2, 0) is 20.7 Å². The number of fused-ring (bicyclic) bond motifs is 1. The standard InChI is InChI=1S/C47H53ClN9O6P/c1-63-39-27-38(32(42(49)59)26-36(39)52-46-50-28-34(48)43(54-46)51-35-13-6-7-14-40(35)64(2,3)62)56-24-19-47(20-25-56)17-22-55(23-18-47)21-8-4-5-10-30-11-9-12-31-33(30)29-57(45(31)61)37-15-16-41(58)53-44(37)60/h6-7,9,11-14,26-28,37H,4,8,15-25,29H2,1-3H3,(H2,49,59)(H,53,58,60)(H2,50,51,52,54). The molecule has 1 unspecified atom stereocenters. The van der Waals surface area contributed by atoms with Crippen molar-refractivity contribution in [2.24, 2.45) is 11.1 Å². The number of nitrogens with two attached hydrogens (primary N) is 1. The number of para-hydroxylation sites is 1. The first kappa shape index (κ1) is 44.7. The number of hydrogen-bond donors (Lipinski definition) is 4. The van der Waals surface area contributed by atoms with Crippen LogP contribution in [0.4, 0.5) is 28.8 Å². The Hall–Kier alpha value is -5.94. The molecule has 334 valence electrons. The summed E-state index contributed by atoms with van der Waals surface area (Å²) < 4.78 is 18.8. The van der Waals surface area contributed by atoms with Gasteiger partial charge in [-0.15, -0.1) is 0 Å². The molecule has 3 fully saturated rings. The molecule has 0 bridgehead atoms. The number of nitrogens with one attached hydrogen (secondary N) is 3. The van der Waals surface area contributed by atoms with Gasteiger partial charge in [0.2, 0.25) is 17.8 Å². The van der Waals surface area contributed by atoms with Crippen LogP contribution < -0.4 is 36.6 Å². The maximum atomic E-state index is 13.2. The number of nitrogens with zero attached hydrogens (tertiary/aromatic N) is 5. The van der Waals surface area contributed by atoms with Crippen molar-refractivity contribution >= 4 is 76.5 Å². The van der Waals surface area contributed by atoms with Crippen LogP contribution >= 0.6 is 18.7 Å². The maximum Gasteiger partial charge on any atom is 0.255 e. The van der Waals surface area contributed by atoms with Crippen molar-refractivity contribution in [2.45, 2.75) is 64.0 Å². The molecule has 8 rings (SSSR count). The number of benzene rings is 3. The number of anilines is 5. The van der Waals surface area contributed by atoms with Crippen molar-refractivity contribution in [3.8, 4) is 17.6 Å². The highest BCUT2D eigenvalue weighted by molar-refractivity contribution is 7.70. The summed E-state index contributed by atoms with van der Waals surface area (Å²) >= 11 is 6.49. The van der Waals surface area contributed by atoms with E-state index in [0.717, 1.165) is 88.1 Å². The molecular formula is C47H53ClN9O6P. The van der Waals surface area contributed by atoms with Gasteiger partial charge in [0.25, 0.3) is 11.8 Å². The van der Waals surface area contributed by atoms with Crippen LogP contribution in [0.25, 0.3) is 0 Å². The zero-order valence-corrected chi connectivity index (χ0v) is 38.0. The highest BCUT2D eigenvalue weighted by Gasteiger charge is 2.40. The molecule has 17 heteroatoms. The van der Waals surface area contributed by atoms with Gasteiger partial charge in [-0.2, -0.15) is 4.98 Å². The van der Waals surface area contributed by atoms with Crippen molar-refractivity contribution in [1.29, 1.82) is 0 Å². The highest BCUT2D eigenvalue weighted by atomic mass is 35.5. The fraction of sp³-hybridized carbons (Fsp3) is 0.404. The molecule has 1 spiro atoms. The number of aromatic nitrogens is 2. The largest absolute Gasteiger partial charge is 0.494 e. The first-order valence-electron chi connectivity index (χ1n) is 21.7. The summed E-state index contributed by atoms with van der Waals surface area (Å²) in [5.41, 5.74) is 10.6. The van der Waals surface area contributed by atoms with Gasteiger partial charge in [0, 0.05) is 55.0 Å². The monoisotopic (exact) mass is 905 g/mol. The van der Waals surface area contributed by atoms with Crippen LogP contribution in [0.1, 0.15) is 83.2 Å². The topological polar surface area (TPSA) is 192 Å². The average molecular weight is 906 g/mol. The zero-order chi connectivity index (χ0) is 45.2. The van der Waals surface area contributed by atoms with E-state index in [2.05, 4.69) is 47.6 Å². The third kappa shape index (κ3) is 9.60. The summed E-state index contributed by atoms with van der Waals surface area (Å²) in [7, 11) is -1.04. The van der Waals surface area contributed by atoms with Gasteiger partial charge in [-0.25, -0.2) is 4.98 Å². The number of carbonyl (C=O) groups is 4. The number of hydrogen-bond acceptors (Lipinski definition) is 12. The third-order valence-corrected chi connectivity index (χ3v) is 14.8. The van der Waals surface area contributed by atoms with Gasteiger partial charge >= 0.3 is 0 Å². The smallest absolute Gasteiger partial charge is 0.255 e. The Kier molecular flexibility index (Phi) is 13.0. The minimum Gasteiger partial charge on any atom is -0.494 e. The minimum atomic E-state index is -2.61. The molecule has 4 aliphatic rings. The van der Waals surface area contributed by atoms with Gasteiger partial charge in [-0.05, 0) is 113 Å². The normalized spacial score (nSPS) is 18.6. The number of rotatable bonds is 12. The number of piperidine rings is 3. The Bertz CT molecular complexity index is 2610. The SMILES string of the molecule is COc1cc(N2CCC3(CCN(CCCC#Cc4cccc5c4CN(C4CCC(=O)NC4=O)C5=O)CC3)CC2)c(C(N)=O)cc1Nc1ncc(Cl)c(Nc2ccccc2P(C)(C)=O)n1. The highest BCUT2D eigenvalue weighted by Crippen LogP contribution is 2.44. The third-order valence-electron chi connectivity index (χ3n) is 13.0. The molecule has 5 N–H and O–H groups in total. The quantitative estimate of drug-likeness (QED) is 0.0542. The number of primary amides is 1. The minimum absolute atomic E-state index is 0.193. The predicted molar refractivity (Wildman–Crippen MR) is 249 cm³/mol. The Morgan fingerprint density at radius 3 is 2.48 bits per heavy atom. The van der Waals surface area contributed by atoms with E-state index in [-0.39, 0.29) is 34.6 Å². The molecule has 0 aliphatic carbocycles. The number of likely N-dealkylation sites (tertiary alicyclic amines) is 1. The lowest BCUT2D eigenvalue weighted by Gasteiger charge is -2.47. The van der Waals surface area contributed by atoms with Crippen LogP contribution in [0.3, 0.4) is 0 Å². The number of halogens is 1. The molecule has 0 radical (unpaired) electrons. The summed E-state index contributed by atoms with van der Waals surface area (Å²) in [5, 5.41) is 9.69. The van der Waals surface area contributed by atoms with E-state index in [0.29, 0.717) is 52.3 Å². The molecule has 4 amide bonds. The van der Waals surface area contributed by atoms with Crippen LogP contribution in [0.2, 0.25) is 5.02 Å². The number of unbranched alkanes of at least 4 members (excludes halogenated alkanes) is 1. The predicted octanol–water partition coefficient (Wildman–Crippen LogP) is 6.25. The van der Waals surface area contributed by atoms with E-state index in [1.54, 1.807) is 37.5 Å². The summed E-state index contributed by atoms with van der Waals surface area (Å²) in [6, 6.07) is 15.7. The second-order valence-electron chi connectivity index (χ2n) is 17.4. The molecule has 3 aromatic carbocycles. The van der Waals surface area contributed by atoms with Crippen molar-refractivity contribution in [1.82, 2.24) is 25.1 Å². The number of imide groups is 1. The summed E-state index contributed by atoms with van der Waals surface area (Å²) in [5.74, 6) is 6.16. The second kappa shape index (κ2) is 18.6. The van der Waals surface area contributed by atoms with Crippen molar-refractivity contribution in [3.63, 3.8) is 0 Å². The van der Waals surface area contributed by atoms with Crippen LogP contribution in [0, 0.1) is 17.3 Å². The van der Waals surface area contributed by atoms with Crippen LogP contribution in [-0.4, -0.2) is 103 Å². The lowest BCUT2D eigenvalue weighted by atomic mass is 9.71. The molecule has 1 atom stereocenters. The number of methoxy groups -OCH3 is 1. The summed E-state index contributed by atoms with van der Waals surface area (Å²) in [4.78, 5) is 65.5. The molecule has 15 nitrogen and oxygen atoms in total. The fourth-order valence-corrected chi connectivity index (χ4v) is 10.6. The molecule has 3 saturated heterocycles. The maximum absolute atomic E-state index is 13.2. The van der Waals surface area contributed by atoms with E-state index in [9.17, 15) is 23.7 Å². The molecule has 4 aromatic rings. The van der Waals surface area contributed by atoms with E-state index in [4.69, 9.17) is 22.1 Å². The van der Waals surface area contributed by atoms with Crippen LogP contribution in [0.5, 0.6) is 5.75 Å². The molecule has 4 aliphatic heterocycles. The Morgan fingerprint density at radius 2 is 1.77 bits per heavy atom. The van der Waals surface area contributed by atoms with Gasteiger partial charge in [0.15, 0.2) is 5.82 Å². The van der Waals surface area contributed by atoms with E-state index in [1.807, 2.05) is 42.5 Å². The molecule has 1 aromatic heterocycles. The lowest BCUT2D eigenvalue weighted by molar-refractivity contribution is -0.136. The lowest BCUT2D eigenvalue weighted by Crippen LogP contribution is -2.52. The van der Waals surface area contributed by atoms with Gasteiger partial charge in [0.1, 0.15) is 24.0 Å². The molecule has 0 saturated carbocycles. The number of ether oxygens (including phenoxy) is 1. The van der Waals surface area contributed by atoms with Gasteiger partial charge in [-0.3, -0.25) is 24.5 Å². The van der Waals surface area contributed by atoms with Gasteiger partial charge in [0.05, 0.1) is 35.9 Å². The summed E-state index contributed by atoms with van der Waals surface area (Å²) in [6.07, 6.45) is 7.89. The Balaban J connectivity index is 0.844. The molecular weight excluding hydrogens is 853 g/mol. The molecule has 64 heavy (non-hydrogen) atoms. The van der Waals surface area contributed by atoms with Gasteiger partial charge in [-0.1, -0.05) is 41.6 Å². The van der Waals surface area contributed by atoms with Crippen molar-refractivity contribution < 1.29 is 28.5 Å². The zero-order valence-electron chi connectivity index (χ0n) is 36.3. The first-order chi connectivity index (χ1) is 30.7. The van der Waals surface area contributed by atoms with E-state index in [1.165, 1.54) is 6.20 Å². The second-order valence-corrected chi connectivity index (χ2v) is 21.0.